The molecule has 0 saturated carbocycles. The lowest BCUT2D eigenvalue weighted by Gasteiger charge is -2.30. The van der Waals surface area contributed by atoms with Gasteiger partial charge in [-0.05, 0) is 49.6 Å². The van der Waals surface area contributed by atoms with E-state index in [0.717, 1.165) is 29.9 Å². The lowest BCUT2D eigenvalue weighted by molar-refractivity contribution is 0.0722. The van der Waals surface area contributed by atoms with Crippen LogP contribution in [0, 0.1) is 0 Å². The minimum atomic E-state index is 0.0989. The monoisotopic (exact) mass is 283 g/mol. The number of fused-ring (bicyclic) bond motifs is 1. The molecule has 1 aromatic heterocycles. The Bertz CT molecular complexity index is 672. The van der Waals surface area contributed by atoms with Crippen LogP contribution in [0.25, 0.3) is 0 Å². The molecule has 0 spiro atoms. The number of hydrogen-bond acceptors (Lipinski definition) is 2. The highest BCUT2D eigenvalue weighted by molar-refractivity contribution is 5.93. The van der Waals surface area contributed by atoms with Crippen LogP contribution in [0.2, 0.25) is 0 Å². The molecule has 0 unspecified atom stereocenters. The van der Waals surface area contributed by atoms with Gasteiger partial charge in [0.15, 0.2) is 0 Å². The van der Waals surface area contributed by atoms with Gasteiger partial charge in [0.2, 0.25) is 0 Å². The quantitative estimate of drug-likeness (QED) is 0.862. The first-order valence-corrected chi connectivity index (χ1v) is 7.40. The Hall–Kier alpha value is -2.23. The Labute approximate surface area is 125 Å². The summed E-state index contributed by atoms with van der Waals surface area (Å²) in [5.41, 5.74) is 9.97. The van der Waals surface area contributed by atoms with Crippen LogP contribution in [0.4, 0.5) is 5.69 Å². The zero-order valence-electron chi connectivity index (χ0n) is 12.5. The topological polar surface area (TPSA) is 51.3 Å². The fourth-order valence-corrected chi connectivity index (χ4v) is 3.00. The summed E-state index contributed by atoms with van der Waals surface area (Å²) in [4.78, 5) is 14.7. The molecule has 0 radical (unpaired) electrons. The first-order valence-electron chi connectivity index (χ1n) is 7.40. The number of hydrogen-bond donors (Lipinski definition) is 1. The Balaban J connectivity index is 1.86. The lowest BCUT2D eigenvalue weighted by atomic mass is 9.98. The highest BCUT2D eigenvalue weighted by Crippen LogP contribution is 2.25. The molecule has 0 fully saturated rings. The number of amides is 1. The van der Waals surface area contributed by atoms with Gasteiger partial charge in [-0.1, -0.05) is 12.1 Å². The van der Waals surface area contributed by atoms with E-state index in [1.54, 1.807) is 0 Å². The molecule has 4 nitrogen and oxygen atoms in total. The van der Waals surface area contributed by atoms with E-state index in [-0.39, 0.29) is 11.9 Å². The van der Waals surface area contributed by atoms with Gasteiger partial charge in [0.25, 0.3) is 5.91 Å². The standard InChI is InChI=1S/C17H21N3O/c1-12(2)20-9-4-7-16(20)17(21)19-10-8-14-13(11-19)5-3-6-15(14)18/h3-7,9,12H,8,10-11,18H2,1-2H3. The Kier molecular flexibility index (Phi) is 3.45. The third-order valence-corrected chi connectivity index (χ3v) is 4.14. The van der Waals surface area contributed by atoms with Crippen molar-refractivity contribution in [3.63, 3.8) is 0 Å². The number of nitrogens with two attached hydrogens (primary N) is 1. The van der Waals surface area contributed by atoms with Crippen molar-refractivity contribution in [3.8, 4) is 0 Å². The summed E-state index contributed by atoms with van der Waals surface area (Å²) in [6.07, 6.45) is 2.80. The van der Waals surface area contributed by atoms with Gasteiger partial charge in [-0.3, -0.25) is 4.79 Å². The van der Waals surface area contributed by atoms with Crippen LogP contribution in [0.1, 0.15) is 41.5 Å². The lowest BCUT2D eigenvalue weighted by Crippen LogP contribution is -2.37. The summed E-state index contributed by atoms with van der Waals surface area (Å²) in [6.45, 7) is 5.54. The molecular weight excluding hydrogens is 262 g/mol. The second-order valence-electron chi connectivity index (χ2n) is 5.86. The average Bonchev–Trinajstić information content (AvgIpc) is 2.96. The van der Waals surface area contributed by atoms with E-state index >= 15 is 0 Å². The number of anilines is 1. The van der Waals surface area contributed by atoms with Crippen molar-refractivity contribution < 1.29 is 4.79 Å². The van der Waals surface area contributed by atoms with Crippen LogP contribution in [-0.2, 0) is 13.0 Å². The Morgan fingerprint density at radius 1 is 1.24 bits per heavy atom. The maximum atomic E-state index is 12.8. The summed E-state index contributed by atoms with van der Waals surface area (Å²) in [7, 11) is 0. The molecule has 2 heterocycles. The van der Waals surface area contributed by atoms with Crippen molar-refractivity contribution >= 4 is 11.6 Å². The molecule has 2 aromatic rings. The third kappa shape index (κ3) is 2.42. The number of carbonyl (C=O) groups is 1. The Morgan fingerprint density at radius 2 is 2.05 bits per heavy atom. The first-order chi connectivity index (χ1) is 10.1. The van der Waals surface area contributed by atoms with Crippen LogP contribution < -0.4 is 5.73 Å². The molecule has 0 aliphatic carbocycles. The van der Waals surface area contributed by atoms with Crippen LogP contribution >= 0.6 is 0 Å². The predicted molar refractivity (Wildman–Crippen MR) is 84.1 cm³/mol. The molecule has 1 amide bonds. The molecule has 4 heteroatoms. The molecule has 0 bridgehead atoms. The molecule has 1 aliphatic rings. The summed E-state index contributed by atoms with van der Waals surface area (Å²) < 4.78 is 2.03. The first kappa shape index (κ1) is 13.7. The molecule has 3 rings (SSSR count). The van der Waals surface area contributed by atoms with Crippen molar-refractivity contribution in [1.82, 2.24) is 9.47 Å². The maximum Gasteiger partial charge on any atom is 0.270 e. The molecule has 1 aromatic carbocycles. The summed E-state index contributed by atoms with van der Waals surface area (Å²) >= 11 is 0. The zero-order valence-corrected chi connectivity index (χ0v) is 12.5. The number of benzene rings is 1. The summed E-state index contributed by atoms with van der Waals surface area (Å²) in [5.74, 6) is 0.0989. The number of nitrogen functional groups attached to an aromatic ring is 1. The molecule has 0 atom stereocenters. The van der Waals surface area contributed by atoms with Crippen LogP contribution in [0.5, 0.6) is 0 Å². The SMILES string of the molecule is CC(C)n1cccc1C(=O)N1CCc2c(N)cccc2C1. The van der Waals surface area contributed by atoms with Gasteiger partial charge < -0.3 is 15.2 Å². The van der Waals surface area contributed by atoms with Crippen molar-refractivity contribution in [2.45, 2.75) is 32.9 Å². The van der Waals surface area contributed by atoms with E-state index in [0.29, 0.717) is 6.54 Å². The van der Waals surface area contributed by atoms with Crippen molar-refractivity contribution in [2.75, 3.05) is 12.3 Å². The van der Waals surface area contributed by atoms with Gasteiger partial charge in [0.05, 0.1) is 0 Å². The second kappa shape index (κ2) is 5.28. The van der Waals surface area contributed by atoms with Crippen molar-refractivity contribution in [2.24, 2.45) is 0 Å². The minimum absolute atomic E-state index is 0.0989. The van der Waals surface area contributed by atoms with Crippen molar-refractivity contribution in [3.05, 3.63) is 53.3 Å². The Morgan fingerprint density at radius 3 is 2.81 bits per heavy atom. The van der Waals surface area contributed by atoms with Gasteiger partial charge in [-0.15, -0.1) is 0 Å². The van der Waals surface area contributed by atoms with Crippen LogP contribution in [0.3, 0.4) is 0 Å². The number of aromatic nitrogens is 1. The molecule has 2 N–H and O–H groups in total. The van der Waals surface area contributed by atoms with Gasteiger partial charge in [0.1, 0.15) is 5.69 Å². The van der Waals surface area contributed by atoms with E-state index in [1.165, 1.54) is 5.56 Å². The molecular formula is C17H21N3O. The third-order valence-electron chi connectivity index (χ3n) is 4.14. The molecule has 0 saturated heterocycles. The molecule has 110 valence electrons. The highest BCUT2D eigenvalue weighted by atomic mass is 16.2. The average molecular weight is 283 g/mol. The van der Waals surface area contributed by atoms with E-state index in [1.807, 2.05) is 39.9 Å². The number of nitrogens with zero attached hydrogens (tertiary/aromatic N) is 2. The van der Waals surface area contributed by atoms with Gasteiger partial charge >= 0.3 is 0 Å². The number of rotatable bonds is 2. The fraction of sp³-hybridized carbons (Fsp3) is 0.353. The van der Waals surface area contributed by atoms with E-state index in [4.69, 9.17) is 5.73 Å². The predicted octanol–water partition coefficient (Wildman–Crippen LogP) is 2.85. The molecule has 21 heavy (non-hydrogen) atoms. The van der Waals surface area contributed by atoms with Crippen LogP contribution in [-0.4, -0.2) is 21.9 Å². The van der Waals surface area contributed by atoms with Crippen LogP contribution in [0.15, 0.2) is 36.5 Å². The van der Waals surface area contributed by atoms with E-state index in [2.05, 4.69) is 19.9 Å². The highest BCUT2D eigenvalue weighted by Gasteiger charge is 2.24. The number of carbonyl (C=O) groups excluding carboxylic acids is 1. The van der Waals surface area contributed by atoms with Gasteiger partial charge in [-0.25, -0.2) is 0 Å². The molecule has 1 aliphatic heterocycles. The van der Waals surface area contributed by atoms with E-state index < -0.39 is 0 Å². The van der Waals surface area contributed by atoms with Gasteiger partial charge in [-0.2, -0.15) is 0 Å². The zero-order chi connectivity index (χ0) is 15.0. The summed E-state index contributed by atoms with van der Waals surface area (Å²) in [6, 6.07) is 10.1. The smallest absolute Gasteiger partial charge is 0.270 e. The minimum Gasteiger partial charge on any atom is -0.398 e. The normalized spacial score (nSPS) is 14.3. The summed E-state index contributed by atoms with van der Waals surface area (Å²) in [5, 5.41) is 0. The van der Waals surface area contributed by atoms with E-state index in [9.17, 15) is 4.79 Å². The second-order valence-corrected chi connectivity index (χ2v) is 5.86. The van der Waals surface area contributed by atoms with Crippen molar-refractivity contribution in [1.29, 1.82) is 0 Å². The maximum absolute atomic E-state index is 12.8. The fourth-order valence-electron chi connectivity index (χ4n) is 3.00. The largest absolute Gasteiger partial charge is 0.398 e. The van der Waals surface area contributed by atoms with Gasteiger partial charge in [0, 0.05) is 31.0 Å².